The Balaban J connectivity index is 2.44. The van der Waals surface area contributed by atoms with Gasteiger partial charge in [0.05, 0.1) is 6.42 Å². The van der Waals surface area contributed by atoms with Crippen molar-refractivity contribution in [2.24, 2.45) is 5.92 Å². The van der Waals surface area contributed by atoms with Gasteiger partial charge in [-0.05, 0) is 32.6 Å². The lowest BCUT2D eigenvalue weighted by atomic mass is 10.0. The van der Waals surface area contributed by atoms with Crippen molar-refractivity contribution >= 4 is 5.97 Å². The minimum Gasteiger partial charge on any atom is -0.481 e. The molecular weight excluding hydrogens is 256 g/mol. The van der Waals surface area contributed by atoms with Crippen molar-refractivity contribution in [3.63, 3.8) is 0 Å². The predicted octanol–water partition coefficient (Wildman–Crippen LogP) is 2.24. The lowest BCUT2D eigenvalue weighted by molar-refractivity contribution is -0.136. The molecule has 1 aromatic heterocycles. The van der Waals surface area contributed by atoms with Crippen LogP contribution in [0.5, 0.6) is 0 Å². The largest absolute Gasteiger partial charge is 0.481 e. The Morgan fingerprint density at radius 3 is 2.60 bits per heavy atom. The topological polar surface area (TPSA) is 72.2 Å². The highest BCUT2D eigenvalue weighted by molar-refractivity contribution is 5.70. The fourth-order valence-electron chi connectivity index (χ4n) is 2.85. The van der Waals surface area contributed by atoms with Gasteiger partial charge in [-0.2, -0.15) is 4.98 Å². The van der Waals surface area contributed by atoms with E-state index in [1.165, 1.54) is 12.8 Å². The number of aromatic nitrogens is 2. The number of aryl methyl sites for hydroxylation is 1. The standard InChI is InChI=1S/C15H22N2O3/c1-4-12(7-11-5-6-11)17-10(3)13(8-14(18)19)9(2)16-15(17)20/h11-12H,4-8H2,1-3H3,(H,18,19). The van der Waals surface area contributed by atoms with Crippen LogP contribution in [0.3, 0.4) is 0 Å². The van der Waals surface area contributed by atoms with E-state index in [2.05, 4.69) is 11.9 Å². The normalized spacial score (nSPS) is 16.1. The zero-order chi connectivity index (χ0) is 14.9. The third-order valence-corrected chi connectivity index (χ3v) is 4.17. The highest BCUT2D eigenvalue weighted by atomic mass is 16.4. The van der Waals surface area contributed by atoms with Crippen molar-refractivity contribution in [1.29, 1.82) is 0 Å². The van der Waals surface area contributed by atoms with Gasteiger partial charge in [-0.1, -0.05) is 19.8 Å². The molecule has 110 valence electrons. The first-order valence-corrected chi connectivity index (χ1v) is 7.24. The van der Waals surface area contributed by atoms with E-state index in [0.29, 0.717) is 11.3 Å². The van der Waals surface area contributed by atoms with Crippen molar-refractivity contribution in [2.75, 3.05) is 0 Å². The van der Waals surface area contributed by atoms with E-state index in [1.54, 1.807) is 11.5 Å². The van der Waals surface area contributed by atoms with Gasteiger partial charge in [-0.25, -0.2) is 4.79 Å². The molecule has 20 heavy (non-hydrogen) atoms. The number of carboxylic acids is 1. The highest BCUT2D eigenvalue weighted by Crippen LogP contribution is 2.37. The van der Waals surface area contributed by atoms with Gasteiger partial charge in [0.1, 0.15) is 0 Å². The van der Waals surface area contributed by atoms with Gasteiger partial charge in [0.15, 0.2) is 0 Å². The van der Waals surface area contributed by atoms with Crippen molar-refractivity contribution < 1.29 is 9.90 Å². The monoisotopic (exact) mass is 278 g/mol. The quantitative estimate of drug-likeness (QED) is 0.866. The summed E-state index contributed by atoms with van der Waals surface area (Å²) in [6.07, 6.45) is 4.27. The number of hydrogen-bond donors (Lipinski definition) is 1. The first kappa shape index (κ1) is 14.8. The summed E-state index contributed by atoms with van der Waals surface area (Å²) in [5, 5.41) is 9.01. The number of carbonyl (C=O) groups is 1. The summed E-state index contributed by atoms with van der Waals surface area (Å²) < 4.78 is 1.71. The summed E-state index contributed by atoms with van der Waals surface area (Å²) in [4.78, 5) is 27.2. The minimum atomic E-state index is -0.890. The Labute approximate surface area is 118 Å². The van der Waals surface area contributed by atoms with Gasteiger partial charge in [-0.15, -0.1) is 0 Å². The molecular formula is C15H22N2O3. The van der Waals surface area contributed by atoms with Crippen LogP contribution in [0.4, 0.5) is 0 Å². The molecule has 1 saturated carbocycles. The number of carboxylic acid groups (broad SMARTS) is 1. The minimum absolute atomic E-state index is 0.0786. The lowest BCUT2D eigenvalue weighted by Gasteiger charge is -2.22. The first-order chi connectivity index (χ1) is 9.43. The van der Waals surface area contributed by atoms with Gasteiger partial charge in [0.2, 0.25) is 0 Å². The van der Waals surface area contributed by atoms with Crippen molar-refractivity contribution in [3.8, 4) is 0 Å². The zero-order valence-corrected chi connectivity index (χ0v) is 12.3. The molecule has 1 fully saturated rings. The molecule has 0 aromatic carbocycles. The van der Waals surface area contributed by atoms with E-state index in [4.69, 9.17) is 5.11 Å². The third kappa shape index (κ3) is 3.08. The molecule has 5 nitrogen and oxygen atoms in total. The summed E-state index contributed by atoms with van der Waals surface area (Å²) in [7, 11) is 0. The van der Waals surface area contributed by atoms with E-state index >= 15 is 0 Å². The fourth-order valence-corrected chi connectivity index (χ4v) is 2.85. The third-order valence-electron chi connectivity index (χ3n) is 4.17. The molecule has 0 radical (unpaired) electrons. The number of hydrogen-bond acceptors (Lipinski definition) is 3. The van der Waals surface area contributed by atoms with E-state index in [-0.39, 0.29) is 18.2 Å². The second-order valence-corrected chi connectivity index (χ2v) is 5.73. The summed E-state index contributed by atoms with van der Waals surface area (Å²) in [6, 6.07) is 0.135. The van der Waals surface area contributed by atoms with E-state index in [1.807, 2.05) is 6.92 Å². The molecule has 1 aliphatic rings. The van der Waals surface area contributed by atoms with Crippen LogP contribution in [0, 0.1) is 19.8 Å². The summed E-state index contributed by atoms with van der Waals surface area (Å²) in [5.74, 6) is -0.172. The van der Waals surface area contributed by atoms with Crippen LogP contribution in [-0.2, 0) is 11.2 Å². The van der Waals surface area contributed by atoms with Crippen LogP contribution >= 0.6 is 0 Å². The molecule has 5 heteroatoms. The van der Waals surface area contributed by atoms with Crippen LogP contribution in [0.1, 0.15) is 55.6 Å². The summed E-state index contributed by atoms with van der Waals surface area (Å²) in [5.41, 5.74) is 1.72. The van der Waals surface area contributed by atoms with E-state index in [0.717, 1.165) is 24.5 Å². The fraction of sp³-hybridized carbons (Fsp3) is 0.667. The molecule has 1 aliphatic carbocycles. The zero-order valence-electron chi connectivity index (χ0n) is 12.3. The van der Waals surface area contributed by atoms with E-state index in [9.17, 15) is 9.59 Å². The predicted molar refractivity (Wildman–Crippen MR) is 76.0 cm³/mol. The average molecular weight is 278 g/mol. The molecule has 0 bridgehead atoms. The summed E-state index contributed by atoms with van der Waals surface area (Å²) in [6.45, 7) is 5.61. The number of rotatable bonds is 6. The molecule has 0 spiro atoms. The van der Waals surface area contributed by atoms with Gasteiger partial charge in [0.25, 0.3) is 0 Å². The van der Waals surface area contributed by atoms with Gasteiger partial charge < -0.3 is 5.11 Å². The molecule has 1 aromatic rings. The van der Waals surface area contributed by atoms with Gasteiger partial charge in [-0.3, -0.25) is 9.36 Å². The Hall–Kier alpha value is -1.65. The molecule has 0 aliphatic heterocycles. The number of nitrogens with zero attached hydrogens (tertiary/aromatic N) is 2. The molecule has 0 saturated heterocycles. The Morgan fingerprint density at radius 1 is 1.45 bits per heavy atom. The summed E-state index contributed by atoms with van der Waals surface area (Å²) >= 11 is 0. The first-order valence-electron chi connectivity index (χ1n) is 7.24. The van der Waals surface area contributed by atoms with Crippen LogP contribution in [0.25, 0.3) is 0 Å². The maximum atomic E-state index is 12.2. The van der Waals surface area contributed by atoms with Gasteiger partial charge in [0, 0.05) is 23.0 Å². The SMILES string of the molecule is CCC(CC1CC1)n1c(C)c(CC(=O)O)c(C)nc1=O. The van der Waals surface area contributed by atoms with Crippen LogP contribution in [0.15, 0.2) is 4.79 Å². The van der Waals surface area contributed by atoms with Crippen molar-refractivity contribution in [2.45, 2.75) is 58.9 Å². The second kappa shape index (κ2) is 5.77. The lowest BCUT2D eigenvalue weighted by Crippen LogP contribution is -2.31. The number of aliphatic carboxylic acids is 1. The maximum absolute atomic E-state index is 12.2. The molecule has 1 N–H and O–H groups in total. The van der Waals surface area contributed by atoms with Crippen LogP contribution in [0.2, 0.25) is 0 Å². The van der Waals surface area contributed by atoms with Crippen molar-refractivity contribution in [3.05, 3.63) is 27.4 Å². The molecule has 1 unspecified atom stereocenters. The Morgan fingerprint density at radius 2 is 2.10 bits per heavy atom. The molecule has 1 heterocycles. The van der Waals surface area contributed by atoms with Crippen LogP contribution < -0.4 is 5.69 Å². The maximum Gasteiger partial charge on any atom is 0.348 e. The van der Waals surface area contributed by atoms with Crippen LogP contribution in [-0.4, -0.2) is 20.6 Å². The smallest absolute Gasteiger partial charge is 0.348 e. The Bertz CT molecular complexity index is 573. The van der Waals surface area contributed by atoms with Crippen molar-refractivity contribution in [1.82, 2.24) is 9.55 Å². The molecule has 1 atom stereocenters. The Kier molecular flexibility index (Phi) is 4.26. The second-order valence-electron chi connectivity index (χ2n) is 5.73. The van der Waals surface area contributed by atoms with E-state index < -0.39 is 5.97 Å². The molecule has 2 rings (SSSR count). The highest BCUT2D eigenvalue weighted by Gasteiger charge is 2.27. The van der Waals surface area contributed by atoms with Gasteiger partial charge >= 0.3 is 11.7 Å². The average Bonchev–Trinajstić information content (AvgIpc) is 3.16. The molecule has 0 amide bonds.